The van der Waals surface area contributed by atoms with E-state index < -0.39 is 6.10 Å². The topological polar surface area (TPSA) is 41.5 Å². The molecule has 120 valence electrons. The lowest BCUT2D eigenvalue weighted by Crippen LogP contribution is -2.26. The highest BCUT2D eigenvalue weighted by atomic mass is 79.9. The molecular formula is C19H20BrNO2. The van der Waals surface area contributed by atoms with E-state index in [-0.39, 0.29) is 0 Å². The first-order valence-corrected chi connectivity index (χ1v) is 8.48. The van der Waals surface area contributed by atoms with Crippen molar-refractivity contribution in [3.63, 3.8) is 0 Å². The van der Waals surface area contributed by atoms with E-state index in [4.69, 9.17) is 4.74 Å². The SMILES string of the molecule is Cc1ccc(C(O)CNCC2=Cc3cc(Br)ccc3OC2)cc1. The first kappa shape index (κ1) is 16.2. The van der Waals surface area contributed by atoms with Crippen LogP contribution in [-0.4, -0.2) is 24.8 Å². The Morgan fingerprint density at radius 2 is 2.00 bits per heavy atom. The van der Waals surface area contributed by atoms with Crippen LogP contribution in [0.4, 0.5) is 0 Å². The van der Waals surface area contributed by atoms with Crippen molar-refractivity contribution in [1.82, 2.24) is 5.32 Å². The van der Waals surface area contributed by atoms with Gasteiger partial charge in [-0.1, -0.05) is 45.8 Å². The largest absolute Gasteiger partial charge is 0.489 e. The second-order valence-corrected chi connectivity index (χ2v) is 6.75. The number of nitrogens with one attached hydrogen (secondary N) is 1. The number of ether oxygens (including phenoxy) is 1. The highest BCUT2D eigenvalue weighted by Gasteiger charge is 2.12. The van der Waals surface area contributed by atoms with Gasteiger partial charge in [0.05, 0.1) is 6.10 Å². The monoisotopic (exact) mass is 373 g/mol. The summed E-state index contributed by atoms with van der Waals surface area (Å²) in [5.74, 6) is 0.914. The van der Waals surface area contributed by atoms with E-state index in [1.165, 1.54) is 11.1 Å². The summed E-state index contributed by atoms with van der Waals surface area (Å²) in [5.41, 5.74) is 4.39. The third-order valence-electron chi connectivity index (χ3n) is 3.90. The van der Waals surface area contributed by atoms with Crippen LogP contribution >= 0.6 is 15.9 Å². The van der Waals surface area contributed by atoms with Gasteiger partial charge in [0.25, 0.3) is 0 Å². The lowest BCUT2D eigenvalue weighted by Gasteiger charge is -2.19. The number of aliphatic hydroxyl groups excluding tert-OH is 1. The van der Waals surface area contributed by atoms with Crippen LogP contribution in [0.25, 0.3) is 6.08 Å². The zero-order chi connectivity index (χ0) is 16.2. The molecule has 0 spiro atoms. The number of benzene rings is 2. The van der Waals surface area contributed by atoms with Gasteiger partial charge in [0.2, 0.25) is 0 Å². The van der Waals surface area contributed by atoms with Gasteiger partial charge in [0, 0.05) is 23.1 Å². The summed E-state index contributed by atoms with van der Waals surface area (Å²) in [4.78, 5) is 0. The van der Waals surface area contributed by atoms with E-state index in [2.05, 4.69) is 33.4 Å². The summed E-state index contributed by atoms with van der Waals surface area (Å²) < 4.78 is 6.80. The number of hydrogen-bond donors (Lipinski definition) is 2. The zero-order valence-corrected chi connectivity index (χ0v) is 14.6. The molecule has 2 aromatic rings. The van der Waals surface area contributed by atoms with Gasteiger partial charge in [-0.2, -0.15) is 0 Å². The Balaban J connectivity index is 1.56. The summed E-state index contributed by atoms with van der Waals surface area (Å²) in [5, 5.41) is 13.5. The second-order valence-electron chi connectivity index (χ2n) is 5.83. The predicted octanol–water partition coefficient (Wildman–Crippen LogP) is 3.86. The average molecular weight is 374 g/mol. The number of rotatable bonds is 5. The van der Waals surface area contributed by atoms with Crippen LogP contribution in [0, 0.1) is 6.92 Å². The smallest absolute Gasteiger partial charge is 0.127 e. The molecule has 2 aromatic carbocycles. The van der Waals surface area contributed by atoms with Crippen LogP contribution in [0.5, 0.6) is 5.75 Å². The van der Waals surface area contributed by atoms with Crippen molar-refractivity contribution < 1.29 is 9.84 Å². The predicted molar refractivity (Wildman–Crippen MR) is 96.6 cm³/mol. The maximum atomic E-state index is 10.2. The molecule has 0 bridgehead atoms. The molecule has 1 heterocycles. The molecule has 1 aliphatic rings. The molecule has 0 fully saturated rings. The minimum absolute atomic E-state index is 0.498. The molecule has 0 amide bonds. The lowest BCUT2D eigenvalue weighted by molar-refractivity contribution is 0.175. The van der Waals surface area contributed by atoms with E-state index in [9.17, 15) is 5.11 Å². The van der Waals surface area contributed by atoms with Gasteiger partial charge >= 0.3 is 0 Å². The molecule has 23 heavy (non-hydrogen) atoms. The fraction of sp³-hybridized carbons (Fsp3) is 0.263. The van der Waals surface area contributed by atoms with Crippen molar-refractivity contribution in [3.8, 4) is 5.75 Å². The molecule has 4 heteroatoms. The Labute approximate surface area is 145 Å². The van der Waals surface area contributed by atoms with Gasteiger partial charge in [-0.05, 0) is 42.3 Å². The average Bonchev–Trinajstić information content (AvgIpc) is 2.55. The molecule has 1 aliphatic heterocycles. The Kier molecular flexibility index (Phi) is 5.16. The summed E-state index contributed by atoms with van der Waals surface area (Å²) >= 11 is 3.48. The van der Waals surface area contributed by atoms with Crippen molar-refractivity contribution in [1.29, 1.82) is 0 Å². The zero-order valence-electron chi connectivity index (χ0n) is 13.1. The maximum absolute atomic E-state index is 10.2. The Hall–Kier alpha value is -1.62. The quantitative estimate of drug-likeness (QED) is 0.835. The fourth-order valence-electron chi connectivity index (χ4n) is 2.57. The van der Waals surface area contributed by atoms with Gasteiger partial charge in [0.15, 0.2) is 0 Å². The van der Waals surface area contributed by atoms with E-state index in [1.807, 2.05) is 43.3 Å². The fourth-order valence-corrected chi connectivity index (χ4v) is 2.95. The van der Waals surface area contributed by atoms with E-state index in [0.717, 1.165) is 21.3 Å². The summed E-state index contributed by atoms with van der Waals surface area (Å²) in [6.45, 7) is 3.85. The molecule has 1 unspecified atom stereocenters. The van der Waals surface area contributed by atoms with Crippen molar-refractivity contribution in [2.75, 3.05) is 19.7 Å². The molecule has 0 radical (unpaired) electrons. The molecule has 1 atom stereocenters. The third-order valence-corrected chi connectivity index (χ3v) is 4.39. The normalized spacial score (nSPS) is 14.7. The maximum Gasteiger partial charge on any atom is 0.127 e. The molecule has 0 aliphatic carbocycles. The highest BCUT2D eigenvalue weighted by Crippen LogP contribution is 2.28. The van der Waals surface area contributed by atoms with Crippen LogP contribution in [0.1, 0.15) is 22.8 Å². The Morgan fingerprint density at radius 3 is 2.78 bits per heavy atom. The molecule has 0 saturated carbocycles. The summed E-state index contributed by atoms with van der Waals surface area (Å²) in [6.07, 6.45) is 1.65. The highest BCUT2D eigenvalue weighted by molar-refractivity contribution is 9.10. The third kappa shape index (κ3) is 4.22. The number of hydrogen-bond acceptors (Lipinski definition) is 3. The van der Waals surface area contributed by atoms with Crippen molar-refractivity contribution >= 4 is 22.0 Å². The molecule has 2 N–H and O–H groups in total. The van der Waals surface area contributed by atoms with Gasteiger partial charge in [0.1, 0.15) is 12.4 Å². The number of aliphatic hydroxyl groups is 1. The Morgan fingerprint density at radius 1 is 1.22 bits per heavy atom. The standard InChI is InChI=1S/C19H20BrNO2/c1-13-2-4-15(5-3-13)18(22)11-21-10-14-8-16-9-17(20)6-7-19(16)23-12-14/h2-9,18,21-22H,10-12H2,1H3. The van der Waals surface area contributed by atoms with Gasteiger partial charge in [-0.25, -0.2) is 0 Å². The van der Waals surface area contributed by atoms with Gasteiger partial charge in [-0.3, -0.25) is 0 Å². The van der Waals surface area contributed by atoms with E-state index in [1.54, 1.807) is 0 Å². The molecule has 0 saturated heterocycles. The number of fused-ring (bicyclic) bond motifs is 1. The van der Waals surface area contributed by atoms with Crippen LogP contribution in [0.15, 0.2) is 52.5 Å². The molecular weight excluding hydrogens is 354 g/mol. The first-order chi connectivity index (χ1) is 11.1. The summed E-state index contributed by atoms with van der Waals surface area (Å²) in [6, 6.07) is 14.0. The number of aryl methyl sites for hydroxylation is 1. The van der Waals surface area contributed by atoms with Gasteiger partial charge in [-0.15, -0.1) is 0 Å². The van der Waals surface area contributed by atoms with Gasteiger partial charge < -0.3 is 15.2 Å². The molecule has 0 aromatic heterocycles. The minimum Gasteiger partial charge on any atom is -0.489 e. The summed E-state index contributed by atoms with van der Waals surface area (Å²) in [7, 11) is 0. The van der Waals surface area contributed by atoms with Crippen LogP contribution in [-0.2, 0) is 0 Å². The second kappa shape index (κ2) is 7.30. The van der Waals surface area contributed by atoms with E-state index in [0.29, 0.717) is 19.7 Å². The van der Waals surface area contributed by atoms with E-state index >= 15 is 0 Å². The first-order valence-electron chi connectivity index (χ1n) is 7.69. The van der Waals surface area contributed by atoms with Crippen LogP contribution < -0.4 is 10.1 Å². The minimum atomic E-state index is -0.498. The van der Waals surface area contributed by atoms with Crippen LogP contribution in [0.3, 0.4) is 0 Å². The Bertz CT molecular complexity index is 710. The van der Waals surface area contributed by atoms with Crippen molar-refractivity contribution in [3.05, 3.63) is 69.2 Å². The lowest BCUT2D eigenvalue weighted by atomic mass is 10.1. The molecule has 3 nitrogen and oxygen atoms in total. The number of halogens is 1. The van der Waals surface area contributed by atoms with Crippen molar-refractivity contribution in [2.24, 2.45) is 0 Å². The molecule has 3 rings (SSSR count). The van der Waals surface area contributed by atoms with Crippen molar-refractivity contribution in [2.45, 2.75) is 13.0 Å². The van der Waals surface area contributed by atoms with Crippen LogP contribution in [0.2, 0.25) is 0 Å².